The number of methoxy groups -OCH3 is 2. The van der Waals surface area contributed by atoms with Crippen LogP contribution in [-0.2, 0) is 10.8 Å². The lowest BCUT2D eigenvalue weighted by molar-refractivity contribution is 0.194. The zero-order valence-corrected chi connectivity index (χ0v) is 13.8. The lowest BCUT2D eigenvalue weighted by atomic mass is 10.1. The Balaban J connectivity index is 2.61. The van der Waals surface area contributed by atoms with Crippen LogP contribution >= 0.6 is 0 Å². The molecule has 0 radical (unpaired) electrons. The summed E-state index contributed by atoms with van der Waals surface area (Å²) in [7, 11) is 1.41. The number of ether oxygens (including phenoxy) is 2. The Labute approximate surface area is 132 Å². The number of hydrogen-bond donors (Lipinski definition) is 1. The molecule has 22 heavy (non-hydrogen) atoms. The number of aliphatic hydroxyl groups is 1. The Morgan fingerprint density at radius 3 is 2.32 bits per heavy atom. The second kappa shape index (κ2) is 6.89. The monoisotopic (exact) mass is 321 g/mol. The number of aliphatic hydroxyl groups excluding tert-OH is 1. The highest BCUT2D eigenvalue weighted by atomic mass is 32.2. The van der Waals surface area contributed by atoms with Gasteiger partial charge in [0, 0.05) is 16.5 Å². The molecule has 1 heterocycles. The summed E-state index contributed by atoms with van der Waals surface area (Å²) in [5.74, 6) is 0.492. The number of nitrogens with zero attached hydrogens (tertiary/aromatic N) is 1. The SMILES string of the molecule is COc1cc([C@H](C)O)c([S@](=O)c2ccc(C)cc2)c(OC)n1. The Morgan fingerprint density at radius 2 is 1.82 bits per heavy atom. The average Bonchev–Trinajstić information content (AvgIpc) is 2.53. The van der Waals surface area contributed by atoms with Crippen LogP contribution in [0.3, 0.4) is 0 Å². The molecular weight excluding hydrogens is 302 g/mol. The van der Waals surface area contributed by atoms with Gasteiger partial charge in [0.2, 0.25) is 11.8 Å². The van der Waals surface area contributed by atoms with Crippen LogP contribution in [0.5, 0.6) is 11.8 Å². The van der Waals surface area contributed by atoms with E-state index in [0.29, 0.717) is 21.2 Å². The van der Waals surface area contributed by atoms with Gasteiger partial charge in [0.15, 0.2) is 0 Å². The van der Waals surface area contributed by atoms with Crippen LogP contribution in [-0.4, -0.2) is 28.5 Å². The molecule has 0 aliphatic carbocycles. The molecule has 6 heteroatoms. The van der Waals surface area contributed by atoms with Gasteiger partial charge >= 0.3 is 0 Å². The van der Waals surface area contributed by atoms with Gasteiger partial charge < -0.3 is 14.6 Å². The van der Waals surface area contributed by atoms with E-state index in [2.05, 4.69) is 4.98 Å². The third-order valence-electron chi connectivity index (χ3n) is 3.22. The Kier molecular flexibility index (Phi) is 5.15. The summed E-state index contributed by atoms with van der Waals surface area (Å²) >= 11 is 0. The molecule has 0 unspecified atom stereocenters. The maximum atomic E-state index is 12.9. The fraction of sp³-hybridized carbons (Fsp3) is 0.312. The van der Waals surface area contributed by atoms with Crippen molar-refractivity contribution >= 4 is 10.8 Å². The fourth-order valence-electron chi connectivity index (χ4n) is 2.02. The lowest BCUT2D eigenvalue weighted by Crippen LogP contribution is -2.07. The van der Waals surface area contributed by atoms with E-state index in [-0.39, 0.29) is 5.88 Å². The minimum absolute atomic E-state index is 0.189. The van der Waals surface area contributed by atoms with Crippen molar-refractivity contribution in [2.24, 2.45) is 0 Å². The maximum Gasteiger partial charge on any atom is 0.233 e. The van der Waals surface area contributed by atoms with Crippen LogP contribution in [0.15, 0.2) is 40.1 Å². The largest absolute Gasteiger partial charge is 0.481 e. The first-order valence-electron chi connectivity index (χ1n) is 6.77. The van der Waals surface area contributed by atoms with Crippen LogP contribution in [0.25, 0.3) is 0 Å². The molecule has 2 aromatic rings. The molecule has 1 N–H and O–H groups in total. The first-order valence-corrected chi connectivity index (χ1v) is 7.92. The fourth-order valence-corrected chi connectivity index (χ4v) is 3.37. The van der Waals surface area contributed by atoms with E-state index in [1.165, 1.54) is 14.2 Å². The number of pyridine rings is 1. The smallest absolute Gasteiger partial charge is 0.233 e. The third kappa shape index (κ3) is 3.28. The number of rotatable bonds is 5. The highest BCUT2D eigenvalue weighted by Crippen LogP contribution is 2.34. The molecule has 1 aromatic heterocycles. The van der Waals surface area contributed by atoms with Crippen molar-refractivity contribution in [2.45, 2.75) is 29.7 Å². The highest BCUT2D eigenvalue weighted by Gasteiger charge is 2.23. The van der Waals surface area contributed by atoms with Gasteiger partial charge in [-0.3, -0.25) is 0 Å². The van der Waals surface area contributed by atoms with Gasteiger partial charge in [-0.1, -0.05) is 17.7 Å². The third-order valence-corrected chi connectivity index (χ3v) is 4.70. The number of benzene rings is 1. The summed E-state index contributed by atoms with van der Waals surface area (Å²) < 4.78 is 23.3. The summed E-state index contributed by atoms with van der Waals surface area (Å²) in [6.07, 6.45) is -0.824. The van der Waals surface area contributed by atoms with E-state index in [1.54, 1.807) is 25.1 Å². The maximum absolute atomic E-state index is 12.9. The van der Waals surface area contributed by atoms with E-state index >= 15 is 0 Å². The van der Waals surface area contributed by atoms with Crippen molar-refractivity contribution in [3.8, 4) is 11.8 Å². The summed E-state index contributed by atoms with van der Waals surface area (Å²) in [6.45, 7) is 3.56. The minimum Gasteiger partial charge on any atom is -0.481 e. The van der Waals surface area contributed by atoms with E-state index in [4.69, 9.17) is 9.47 Å². The van der Waals surface area contributed by atoms with Crippen LogP contribution in [0.4, 0.5) is 0 Å². The Morgan fingerprint density at radius 1 is 1.18 bits per heavy atom. The predicted molar refractivity (Wildman–Crippen MR) is 83.8 cm³/mol. The van der Waals surface area contributed by atoms with E-state index in [9.17, 15) is 9.32 Å². The number of hydrogen-bond acceptors (Lipinski definition) is 5. The summed E-state index contributed by atoms with van der Waals surface area (Å²) in [5, 5.41) is 10.0. The normalized spacial score (nSPS) is 13.5. The molecule has 2 rings (SSSR count). The van der Waals surface area contributed by atoms with Crippen molar-refractivity contribution in [3.05, 3.63) is 41.5 Å². The molecular formula is C16H19NO4S. The standard InChI is InChI=1S/C16H19NO4S/c1-10-5-7-12(8-6-10)22(19)15-13(11(2)18)9-14(20-3)17-16(15)21-4/h5-9,11,18H,1-4H3/t11-,22+/m0/s1. The van der Waals surface area contributed by atoms with Crippen molar-refractivity contribution in [1.29, 1.82) is 0 Å². The molecule has 5 nitrogen and oxygen atoms in total. The highest BCUT2D eigenvalue weighted by molar-refractivity contribution is 7.85. The van der Waals surface area contributed by atoms with Gasteiger partial charge in [-0.05, 0) is 26.0 Å². The molecule has 0 aliphatic rings. The zero-order chi connectivity index (χ0) is 16.3. The molecule has 0 bridgehead atoms. The van der Waals surface area contributed by atoms with Gasteiger partial charge in [0.25, 0.3) is 0 Å². The molecule has 0 saturated heterocycles. The first kappa shape index (κ1) is 16.5. The molecule has 0 aliphatic heterocycles. The van der Waals surface area contributed by atoms with E-state index in [1.807, 2.05) is 19.1 Å². The molecule has 0 fully saturated rings. The van der Waals surface area contributed by atoms with Crippen molar-refractivity contribution < 1.29 is 18.8 Å². The topological polar surface area (TPSA) is 68.7 Å². The van der Waals surface area contributed by atoms with E-state index in [0.717, 1.165) is 5.56 Å². The van der Waals surface area contributed by atoms with Gasteiger partial charge in [-0.15, -0.1) is 0 Å². The van der Waals surface area contributed by atoms with Gasteiger partial charge in [0.1, 0.15) is 4.90 Å². The average molecular weight is 321 g/mol. The molecule has 0 amide bonds. The second-order valence-electron chi connectivity index (χ2n) is 4.85. The van der Waals surface area contributed by atoms with E-state index < -0.39 is 16.9 Å². The van der Waals surface area contributed by atoms with Crippen LogP contribution < -0.4 is 9.47 Å². The molecule has 0 spiro atoms. The van der Waals surface area contributed by atoms with Crippen molar-refractivity contribution in [3.63, 3.8) is 0 Å². The van der Waals surface area contributed by atoms with Gasteiger partial charge in [0.05, 0.1) is 31.1 Å². The van der Waals surface area contributed by atoms with Crippen molar-refractivity contribution in [2.75, 3.05) is 14.2 Å². The lowest BCUT2D eigenvalue weighted by Gasteiger charge is -2.16. The quantitative estimate of drug-likeness (QED) is 0.917. The summed E-state index contributed by atoms with van der Waals surface area (Å²) in [5.41, 5.74) is 1.55. The Bertz CT molecular complexity index is 683. The summed E-state index contributed by atoms with van der Waals surface area (Å²) in [4.78, 5) is 5.15. The molecule has 118 valence electrons. The summed E-state index contributed by atoms with van der Waals surface area (Å²) in [6, 6.07) is 8.94. The molecule has 2 atom stereocenters. The first-order chi connectivity index (χ1) is 10.5. The van der Waals surface area contributed by atoms with Crippen LogP contribution in [0.2, 0.25) is 0 Å². The molecule has 0 saturated carbocycles. The molecule has 1 aromatic carbocycles. The van der Waals surface area contributed by atoms with Gasteiger partial charge in [-0.2, -0.15) is 4.98 Å². The van der Waals surface area contributed by atoms with Crippen LogP contribution in [0.1, 0.15) is 24.2 Å². The zero-order valence-electron chi connectivity index (χ0n) is 13.0. The second-order valence-corrected chi connectivity index (χ2v) is 6.27. The number of aromatic nitrogens is 1. The van der Waals surface area contributed by atoms with Gasteiger partial charge in [-0.25, -0.2) is 4.21 Å². The van der Waals surface area contributed by atoms with Crippen LogP contribution in [0, 0.1) is 6.92 Å². The minimum atomic E-state index is -1.51. The number of aryl methyl sites for hydroxylation is 1. The predicted octanol–water partition coefficient (Wildman–Crippen LogP) is 2.63. The Hall–Kier alpha value is -1.92. The van der Waals surface area contributed by atoms with Crippen molar-refractivity contribution in [1.82, 2.24) is 4.98 Å².